The van der Waals surface area contributed by atoms with Gasteiger partial charge in [0.25, 0.3) is 0 Å². The maximum absolute atomic E-state index is 12.0. The smallest absolute Gasteiger partial charge is 0.410 e. The number of likely N-dealkylation sites (tertiary alicyclic amines) is 1. The maximum Gasteiger partial charge on any atom is 0.410 e. The molecule has 1 heterocycles. The average Bonchev–Trinajstić information content (AvgIpc) is 2.84. The molecule has 0 aromatic heterocycles. The summed E-state index contributed by atoms with van der Waals surface area (Å²) in [5.74, 6) is 0. The van der Waals surface area contributed by atoms with Gasteiger partial charge in [-0.1, -0.05) is 13.8 Å². The number of carbonyl (C=O) groups is 1. The fourth-order valence-electron chi connectivity index (χ4n) is 2.59. The molecule has 0 bridgehead atoms. The molecule has 1 N–H and O–H groups in total. The molecule has 21 heavy (non-hydrogen) atoms. The van der Waals surface area contributed by atoms with Gasteiger partial charge in [0.15, 0.2) is 0 Å². The Kier molecular flexibility index (Phi) is 7.46. The first-order valence-corrected chi connectivity index (χ1v) is 8.29. The zero-order chi connectivity index (χ0) is 15.9. The van der Waals surface area contributed by atoms with Gasteiger partial charge in [-0.15, -0.1) is 0 Å². The number of ether oxygens (including phenoxy) is 1. The van der Waals surface area contributed by atoms with Gasteiger partial charge in [0.05, 0.1) is 0 Å². The lowest BCUT2D eigenvalue weighted by Crippen LogP contribution is -2.40. The lowest BCUT2D eigenvalue weighted by atomic mass is 10.2. The van der Waals surface area contributed by atoms with Crippen LogP contribution in [0.3, 0.4) is 0 Å². The first-order valence-electron chi connectivity index (χ1n) is 8.29. The summed E-state index contributed by atoms with van der Waals surface area (Å²) in [6, 6.07) is 0.401. The third-order valence-corrected chi connectivity index (χ3v) is 3.69. The number of nitrogens with one attached hydrogen (secondary N) is 1. The third-order valence-electron chi connectivity index (χ3n) is 3.69. The van der Waals surface area contributed by atoms with Crippen LogP contribution in [0.5, 0.6) is 0 Å². The minimum atomic E-state index is -0.412. The van der Waals surface area contributed by atoms with Crippen molar-refractivity contribution < 1.29 is 9.53 Å². The number of nitrogens with zero attached hydrogens (tertiary/aromatic N) is 2. The van der Waals surface area contributed by atoms with E-state index in [1.807, 2.05) is 25.7 Å². The van der Waals surface area contributed by atoms with Gasteiger partial charge in [0.1, 0.15) is 5.60 Å². The van der Waals surface area contributed by atoms with E-state index < -0.39 is 5.60 Å². The zero-order valence-electron chi connectivity index (χ0n) is 14.4. The van der Waals surface area contributed by atoms with Gasteiger partial charge >= 0.3 is 6.09 Å². The SMILES string of the molecule is CCCN(CC)CCNC1CCN(C(=O)OC(C)(C)C)C1. The van der Waals surface area contributed by atoms with Gasteiger partial charge in [0.2, 0.25) is 0 Å². The first kappa shape index (κ1) is 18.2. The van der Waals surface area contributed by atoms with Crippen LogP contribution in [0.15, 0.2) is 0 Å². The molecule has 1 aliphatic rings. The Labute approximate surface area is 130 Å². The maximum atomic E-state index is 12.0. The van der Waals surface area contributed by atoms with Gasteiger partial charge in [-0.3, -0.25) is 0 Å². The van der Waals surface area contributed by atoms with E-state index in [4.69, 9.17) is 4.74 Å². The molecule has 1 atom stereocenters. The van der Waals surface area contributed by atoms with Gasteiger partial charge in [-0.25, -0.2) is 4.79 Å². The van der Waals surface area contributed by atoms with Crippen LogP contribution in [0.4, 0.5) is 4.79 Å². The Hall–Kier alpha value is -0.810. The summed E-state index contributed by atoms with van der Waals surface area (Å²) in [6.45, 7) is 16.0. The minimum absolute atomic E-state index is 0.187. The summed E-state index contributed by atoms with van der Waals surface area (Å²) in [5, 5.41) is 3.56. The normalized spacial score (nSPS) is 19.3. The van der Waals surface area contributed by atoms with Crippen LogP contribution in [-0.4, -0.2) is 66.8 Å². The van der Waals surface area contributed by atoms with E-state index in [0.29, 0.717) is 6.04 Å². The molecule has 0 aliphatic carbocycles. The fraction of sp³-hybridized carbons (Fsp3) is 0.938. The highest BCUT2D eigenvalue weighted by Crippen LogP contribution is 2.15. The summed E-state index contributed by atoms with van der Waals surface area (Å²) in [7, 11) is 0. The molecule has 1 unspecified atom stereocenters. The molecule has 124 valence electrons. The van der Waals surface area contributed by atoms with Crippen LogP contribution >= 0.6 is 0 Å². The molecule has 0 aromatic carbocycles. The minimum Gasteiger partial charge on any atom is -0.444 e. The Morgan fingerprint density at radius 1 is 1.33 bits per heavy atom. The molecule has 1 rings (SSSR count). The number of amides is 1. The standard InChI is InChI=1S/C16H33N3O2/c1-6-10-18(7-2)12-9-17-14-8-11-19(13-14)15(20)21-16(3,4)5/h14,17H,6-13H2,1-5H3. The second-order valence-electron chi connectivity index (χ2n) is 6.80. The predicted molar refractivity (Wildman–Crippen MR) is 86.6 cm³/mol. The molecule has 1 saturated heterocycles. The molecular formula is C16H33N3O2. The molecule has 0 radical (unpaired) electrons. The van der Waals surface area contributed by atoms with Crippen molar-refractivity contribution in [3.63, 3.8) is 0 Å². The van der Waals surface area contributed by atoms with Crippen molar-refractivity contribution >= 4 is 6.09 Å². The van der Waals surface area contributed by atoms with Crippen molar-refractivity contribution in [2.24, 2.45) is 0 Å². The van der Waals surface area contributed by atoms with E-state index in [1.165, 1.54) is 6.42 Å². The van der Waals surface area contributed by atoms with Crippen LogP contribution < -0.4 is 5.32 Å². The van der Waals surface area contributed by atoms with Crippen LogP contribution in [0.1, 0.15) is 47.5 Å². The molecule has 5 heteroatoms. The van der Waals surface area contributed by atoms with E-state index in [-0.39, 0.29) is 6.09 Å². The van der Waals surface area contributed by atoms with Crippen molar-refractivity contribution in [3.05, 3.63) is 0 Å². The Balaban J connectivity index is 2.24. The van der Waals surface area contributed by atoms with E-state index in [0.717, 1.165) is 45.7 Å². The number of likely N-dealkylation sites (N-methyl/N-ethyl adjacent to an activating group) is 1. The topological polar surface area (TPSA) is 44.8 Å². The second kappa shape index (κ2) is 8.59. The van der Waals surface area contributed by atoms with Gasteiger partial charge < -0.3 is 19.9 Å². The highest BCUT2D eigenvalue weighted by molar-refractivity contribution is 5.68. The lowest BCUT2D eigenvalue weighted by molar-refractivity contribution is 0.0291. The van der Waals surface area contributed by atoms with E-state index in [9.17, 15) is 4.79 Å². The molecule has 1 fully saturated rings. The van der Waals surface area contributed by atoms with Crippen molar-refractivity contribution in [2.45, 2.75) is 59.1 Å². The molecule has 0 aromatic rings. The van der Waals surface area contributed by atoms with Gasteiger partial charge in [-0.05, 0) is 46.7 Å². The number of hydrogen-bond acceptors (Lipinski definition) is 4. The molecule has 1 aliphatic heterocycles. The van der Waals surface area contributed by atoms with Gasteiger partial charge in [0, 0.05) is 32.2 Å². The summed E-state index contributed by atoms with van der Waals surface area (Å²) in [5.41, 5.74) is -0.412. The van der Waals surface area contributed by atoms with Crippen molar-refractivity contribution in [1.29, 1.82) is 0 Å². The van der Waals surface area contributed by atoms with E-state index >= 15 is 0 Å². The number of rotatable bonds is 7. The summed E-state index contributed by atoms with van der Waals surface area (Å²) >= 11 is 0. The fourth-order valence-corrected chi connectivity index (χ4v) is 2.59. The molecule has 5 nitrogen and oxygen atoms in total. The predicted octanol–water partition coefficient (Wildman–Crippen LogP) is 2.32. The van der Waals surface area contributed by atoms with Crippen molar-refractivity contribution in [2.75, 3.05) is 39.3 Å². The third kappa shape index (κ3) is 7.14. The quantitative estimate of drug-likeness (QED) is 0.783. The molecular weight excluding hydrogens is 266 g/mol. The lowest BCUT2D eigenvalue weighted by Gasteiger charge is -2.24. The average molecular weight is 299 g/mol. The highest BCUT2D eigenvalue weighted by Gasteiger charge is 2.29. The summed E-state index contributed by atoms with van der Waals surface area (Å²) < 4.78 is 5.41. The van der Waals surface area contributed by atoms with E-state index in [2.05, 4.69) is 24.1 Å². The largest absolute Gasteiger partial charge is 0.444 e. The Morgan fingerprint density at radius 2 is 2.05 bits per heavy atom. The monoisotopic (exact) mass is 299 g/mol. The molecule has 0 saturated carbocycles. The van der Waals surface area contributed by atoms with Crippen molar-refractivity contribution in [1.82, 2.24) is 15.1 Å². The summed E-state index contributed by atoms with van der Waals surface area (Å²) in [6.07, 6.45) is 2.02. The number of hydrogen-bond donors (Lipinski definition) is 1. The van der Waals surface area contributed by atoms with Crippen LogP contribution in [-0.2, 0) is 4.74 Å². The Morgan fingerprint density at radius 3 is 2.62 bits per heavy atom. The van der Waals surface area contributed by atoms with E-state index in [1.54, 1.807) is 0 Å². The van der Waals surface area contributed by atoms with Crippen LogP contribution in [0.25, 0.3) is 0 Å². The molecule has 0 spiro atoms. The summed E-state index contributed by atoms with van der Waals surface area (Å²) in [4.78, 5) is 16.3. The van der Waals surface area contributed by atoms with Crippen LogP contribution in [0, 0.1) is 0 Å². The highest BCUT2D eigenvalue weighted by atomic mass is 16.6. The Bertz CT molecular complexity index is 315. The van der Waals surface area contributed by atoms with Gasteiger partial charge in [-0.2, -0.15) is 0 Å². The molecule has 1 amide bonds. The number of carbonyl (C=O) groups excluding carboxylic acids is 1. The van der Waals surface area contributed by atoms with Crippen LogP contribution in [0.2, 0.25) is 0 Å². The zero-order valence-corrected chi connectivity index (χ0v) is 14.4. The second-order valence-corrected chi connectivity index (χ2v) is 6.80. The first-order chi connectivity index (χ1) is 9.85. The van der Waals surface area contributed by atoms with Crippen molar-refractivity contribution in [3.8, 4) is 0 Å².